The first-order valence-electron chi connectivity index (χ1n) is 4.73. The number of nitrogens with one attached hydrogen (secondary N) is 1. The first-order valence-corrected chi connectivity index (χ1v) is 5.96. The van der Waals surface area contributed by atoms with Gasteiger partial charge in [0.1, 0.15) is 0 Å². The Kier molecular flexibility index (Phi) is 4.71. The van der Waals surface area contributed by atoms with Gasteiger partial charge in [-0.1, -0.05) is 11.8 Å². The number of amides is 1. The van der Waals surface area contributed by atoms with Gasteiger partial charge in [0, 0.05) is 6.54 Å². The van der Waals surface area contributed by atoms with Crippen molar-refractivity contribution < 1.29 is 14.3 Å². The maximum Gasteiger partial charge on any atom is 0.287 e. The Morgan fingerprint density at radius 1 is 1.67 bits per heavy atom. The summed E-state index contributed by atoms with van der Waals surface area (Å²) in [6.07, 6.45) is 2.03. The molecule has 0 fully saturated rings. The number of carbonyl (C=O) groups is 1. The second-order valence-electron chi connectivity index (χ2n) is 3.22. The minimum atomic E-state index is -0.399. The molecule has 0 saturated heterocycles. The van der Waals surface area contributed by atoms with Crippen LogP contribution in [0.5, 0.6) is 0 Å². The van der Waals surface area contributed by atoms with Gasteiger partial charge >= 0.3 is 0 Å². The van der Waals surface area contributed by atoms with Gasteiger partial charge in [-0.05, 0) is 31.7 Å². The summed E-state index contributed by atoms with van der Waals surface area (Å²) in [6.45, 7) is 2.14. The normalized spacial score (nSPS) is 12.5. The molecule has 0 aliphatic heterocycles. The lowest BCUT2D eigenvalue weighted by Gasteiger charge is -2.04. The van der Waals surface area contributed by atoms with Gasteiger partial charge in [-0.15, -0.1) is 0 Å². The number of thioether (sulfide) groups is 1. The lowest BCUT2D eigenvalue weighted by Crippen LogP contribution is -2.26. The third kappa shape index (κ3) is 3.97. The molecule has 0 saturated carbocycles. The Bertz CT molecular complexity index is 322. The third-order valence-electron chi connectivity index (χ3n) is 1.85. The third-order valence-corrected chi connectivity index (χ3v) is 2.48. The summed E-state index contributed by atoms with van der Waals surface area (Å²) >= 11 is 1.45. The highest BCUT2D eigenvalue weighted by atomic mass is 32.2. The summed E-state index contributed by atoms with van der Waals surface area (Å²) < 4.78 is 5.24. The summed E-state index contributed by atoms with van der Waals surface area (Å²) in [5.41, 5.74) is 0. The fourth-order valence-electron chi connectivity index (χ4n) is 1.03. The molecule has 0 bridgehead atoms. The fraction of sp³-hybridized carbons (Fsp3) is 0.500. The number of carbonyl (C=O) groups excluding carboxylic acids is 1. The molecule has 2 N–H and O–H groups in total. The molecule has 0 aliphatic carbocycles. The van der Waals surface area contributed by atoms with E-state index in [1.54, 1.807) is 19.1 Å². The predicted molar refractivity (Wildman–Crippen MR) is 59.1 cm³/mol. The van der Waals surface area contributed by atoms with Crippen molar-refractivity contribution in [1.82, 2.24) is 5.32 Å². The van der Waals surface area contributed by atoms with Gasteiger partial charge in [0.05, 0.1) is 6.10 Å². The maximum atomic E-state index is 11.5. The monoisotopic (exact) mass is 229 g/mol. The summed E-state index contributed by atoms with van der Waals surface area (Å²) in [5, 5.41) is 12.4. The molecule has 1 unspecified atom stereocenters. The zero-order valence-corrected chi connectivity index (χ0v) is 9.63. The van der Waals surface area contributed by atoms with Crippen molar-refractivity contribution in [1.29, 1.82) is 0 Å². The van der Waals surface area contributed by atoms with Crippen LogP contribution in [0.15, 0.2) is 21.6 Å². The van der Waals surface area contributed by atoms with Crippen LogP contribution >= 0.6 is 11.8 Å². The zero-order valence-electron chi connectivity index (χ0n) is 8.82. The molecular weight excluding hydrogens is 214 g/mol. The Labute approximate surface area is 93.0 Å². The molecule has 1 aromatic heterocycles. The first-order chi connectivity index (χ1) is 7.13. The van der Waals surface area contributed by atoms with Crippen LogP contribution in [-0.2, 0) is 0 Å². The maximum absolute atomic E-state index is 11.5. The number of rotatable bonds is 5. The number of aliphatic hydroxyl groups excluding tert-OH is 1. The SMILES string of the molecule is CSc1ccc(C(=O)NCCC(C)O)o1. The summed E-state index contributed by atoms with van der Waals surface area (Å²) in [4.78, 5) is 11.5. The topological polar surface area (TPSA) is 62.5 Å². The predicted octanol–water partition coefficient (Wildman–Crippen LogP) is 1.50. The molecule has 0 radical (unpaired) electrons. The number of hydrogen-bond acceptors (Lipinski definition) is 4. The molecule has 84 valence electrons. The lowest BCUT2D eigenvalue weighted by molar-refractivity contribution is 0.0913. The Hall–Kier alpha value is -0.940. The summed E-state index contributed by atoms with van der Waals surface area (Å²) in [6, 6.07) is 3.40. The minimum absolute atomic E-state index is 0.240. The molecule has 1 atom stereocenters. The van der Waals surface area contributed by atoms with E-state index in [0.29, 0.717) is 18.7 Å². The molecule has 0 aromatic carbocycles. The van der Waals surface area contributed by atoms with Crippen molar-refractivity contribution in [3.63, 3.8) is 0 Å². The lowest BCUT2D eigenvalue weighted by atomic mass is 10.3. The number of hydrogen-bond donors (Lipinski definition) is 2. The van der Waals surface area contributed by atoms with E-state index < -0.39 is 6.10 Å². The van der Waals surface area contributed by atoms with Crippen molar-refractivity contribution >= 4 is 17.7 Å². The largest absolute Gasteiger partial charge is 0.445 e. The highest BCUT2D eigenvalue weighted by Crippen LogP contribution is 2.17. The molecule has 4 nitrogen and oxygen atoms in total. The van der Waals surface area contributed by atoms with E-state index in [0.717, 1.165) is 5.09 Å². The average molecular weight is 229 g/mol. The Balaban J connectivity index is 2.40. The van der Waals surface area contributed by atoms with E-state index in [4.69, 9.17) is 9.52 Å². The molecule has 1 aromatic rings. The highest BCUT2D eigenvalue weighted by molar-refractivity contribution is 7.98. The molecule has 0 aliphatic rings. The van der Waals surface area contributed by atoms with Crippen molar-refractivity contribution in [3.8, 4) is 0 Å². The molecule has 1 amide bonds. The fourth-order valence-corrected chi connectivity index (χ4v) is 1.41. The summed E-state index contributed by atoms with van der Waals surface area (Å²) in [7, 11) is 0. The van der Waals surface area contributed by atoms with E-state index in [1.807, 2.05) is 6.26 Å². The first kappa shape index (κ1) is 12.1. The van der Waals surface area contributed by atoms with E-state index >= 15 is 0 Å². The van der Waals surface area contributed by atoms with Crippen molar-refractivity contribution in [2.24, 2.45) is 0 Å². The quantitative estimate of drug-likeness (QED) is 0.751. The van der Waals surface area contributed by atoms with Crippen LogP contribution in [0.1, 0.15) is 23.9 Å². The van der Waals surface area contributed by atoms with Crippen molar-refractivity contribution in [3.05, 3.63) is 17.9 Å². The van der Waals surface area contributed by atoms with Crippen LogP contribution in [0, 0.1) is 0 Å². The van der Waals surface area contributed by atoms with Gasteiger partial charge in [-0.25, -0.2) is 0 Å². The van der Waals surface area contributed by atoms with E-state index in [1.165, 1.54) is 11.8 Å². The van der Waals surface area contributed by atoms with E-state index in [-0.39, 0.29) is 5.91 Å². The van der Waals surface area contributed by atoms with Crippen molar-refractivity contribution in [2.75, 3.05) is 12.8 Å². The molecule has 15 heavy (non-hydrogen) atoms. The standard InChI is InChI=1S/C10H15NO3S/c1-7(12)5-6-11-10(13)8-3-4-9(14-8)15-2/h3-4,7,12H,5-6H2,1-2H3,(H,11,13). The van der Waals surface area contributed by atoms with Gasteiger partial charge in [-0.3, -0.25) is 4.79 Å². The second-order valence-corrected chi connectivity index (χ2v) is 4.03. The number of furan rings is 1. The van der Waals surface area contributed by atoms with E-state index in [9.17, 15) is 4.79 Å². The smallest absolute Gasteiger partial charge is 0.287 e. The van der Waals surface area contributed by atoms with Crippen LogP contribution in [0.25, 0.3) is 0 Å². The molecule has 1 rings (SSSR count). The van der Waals surface area contributed by atoms with Crippen LogP contribution < -0.4 is 5.32 Å². The van der Waals surface area contributed by atoms with Crippen molar-refractivity contribution in [2.45, 2.75) is 24.5 Å². The van der Waals surface area contributed by atoms with Gasteiger partial charge < -0.3 is 14.8 Å². The number of aliphatic hydroxyl groups is 1. The van der Waals surface area contributed by atoms with Crippen LogP contribution in [0.2, 0.25) is 0 Å². The Morgan fingerprint density at radius 3 is 2.93 bits per heavy atom. The Morgan fingerprint density at radius 2 is 2.40 bits per heavy atom. The van der Waals surface area contributed by atoms with E-state index in [2.05, 4.69) is 5.32 Å². The zero-order chi connectivity index (χ0) is 11.3. The van der Waals surface area contributed by atoms with Crippen LogP contribution in [0.3, 0.4) is 0 Å². The summed E-state index contributed by atoms with van der Waals surface area (Å²) in [5.74, 6) is 0.0703. The molecule has 1 heterocycles. The second kappa shape index (κ2) is 5.82. The van der Waals surface area contributed by atoms with Crippen LogP contribution in [-0.4, -0.2) is 29.9 Å². The molecule has 5 heteroatoms. The van der Waals surface area contributed by atoms with Crippen LogP contribution in [0.4, 0.5) is 0 Å². The van der Waals surface area contributed by atoms with Gasteiger partial charge in [0.2, 0.25) is 0 Å². The minimum Gasteiger partial charge on any atom is -0.445 e. The molecular formula is C10H15NO3S. The van der Waals surface area contributed by atoms with Gasteiger partial charge in [0.15, 0.2) is 10.9 Å². The molecule has 0 spiro atoms. The van der Waals surface area contributed by atoms with Gasteiger partial charge in [-0.2, -0.15) is 0 Å². The average Bonchev–Trinajstić information content (AvgIpc) is 2.65. The highest BCUT2D eigenvalue weighted by Gasteiger charge is 2.10. The van der Waals surface area contributed by atoms with Gasteiger partial charge in [0.25, 0.3) is 5.91 Å².